The number of aromatic nitrogens is 1. The lowest BCUT2D eigenvalue weighted by atomic mass is 10.3. The smallest absolute Gasteiger partial charge is 0.260 e. The van der Waals surface area contributed by atoms with E-state index in [-0.39, 0.29) is 11.7 Å². The molecule has 0 aliphatic rings. The first-order valence-electron chi connectivity index (χ1n) is 7.76. The summed E-state index contributed by atoms with van der Waals surface area (Å²) in [6.45, 7) is 2.16. The molecule has 3 aromatic rings. The van der Waals surface area contributed by atoms with Crippen LogP contribution in [0.4, 0.5) is 4.39 Å². The van der Waals surface area contributed by atoms with Gasteiger partial charge in [0.05, 0.1) is 15.2 Å². The van der Waals surface area contributed by atoms with E-state index in [1.807, 2.05) is 12.1 Å². The Balaban J connectivity index is 1.50. The number of carbonyl (C=O) groups is 1. The van der Waals surface area contributed by atoms with Gasteiger partial charge in [-0.15, -0.1) is 11.3 Å². The van der Waals surface area contributed by atoms with Crippen molar-refractivity contribution >= 4 is 43.4 Å². The van der Waals surface area contributed by atoms with Crippen LogP contribution in [0.5, 0.6) is 5.75 Å². The van der Waals surface area contributed by atoms with Gasteiger partial charge in [0.1, 0.15) is 11.6 Å². The lowest BCUT2D eigenvalue weighted by Crippen LogP contribution is -2.37. The summed E-state index contributed by atoms with van der Waals surface area (Å²) in [6.07, 6.45) is 0.00295. The molecule has 0 unspecified atom stereocenters. The Morgan fingerprint density at radius 2 is 2.08 bits per heavy atom. The van der Waals surface area contributed by atoms with Gasteiger partial charge in [0.15, 0.2) is 6.10 Å². The number of nitrogens with one attached hydrogen (secondary N) is 1. The molecule has 0 radical (unpaired) electrons. The monoisotopic (exact) mass is 422 g/mol. The highest BCUT2D eigenvalue weighted by atomic mass is 79.9. The number of thiazole rings is 1. The standard InChI is InChI=1S/C18H16BrFN2O2S/c1-11(24-14-5-2-12(19)3-6-14)18(23)21-9-8-17-22-15-10-13(20)4-7-16(15)25-17/h2-7,10-11H,8-9H2,1H3,(H,21,23)/t11-/m1/s1. The lowest BCUT2D eigenvalue weighted by molar-refractivity contribution is -0.127. The van der Waals surface area contributed by atoms with E-state index in [0.717, 1.165) is 14.2 Å². The fraction of sp³-hybridized carbons (Fsp3) is 0.222. The van der Waals surface area contributed by atoms with Crippen LogP contribution in [-0.2, 0) is 11.2 Å². The Hall–Kier alpha value is -1.99. The zero-order valence-corrected chi connectivity index (χ0v) is 15.9. The largest absolute Gasteiger partial charge is 0.481 e. The van der Waals surface area contributed by atoms with E-state index in [4.69, 9.17) is 4.74 Å². The van der Waals surface area contributed by atoms with E-state index in [0.29, 0.717) is 24.2 Å². The minimum absolute atomic E-state index is 0.185. The third-order valence-electron chi connectivity index (χ3n) is 3.53. The van der Waals surface area contributed by atoms with E-state index in [9.17, 15) is 9.18 Å². The summed E-state index contributed by atoms with van der Waals surface area (Å²) in [5.41, 5.74) is 0.651. The maximum Gasteiger partial charge on any atom is 0.260 e. The predicted molar refractivity (Wildman–Crippen MR) is 101 cm³/mol. The summed E-state index contributed by atoms with van der Waals surface area (Å²) >= 11 is 4.86. The van der Waals surface area contributed by atoms with Gasteiger partial charge in [-0.05, 0) is 43.3 Å². The van der Waals surface area contributed by atoms with E-state index in [1.54, 1.807) is 25.1 Å². The van der Waals surface area contributed by atoms with Gasteiger partial charge < -0.3 is 10.1 Å². The number of carbonyl (C=O) groups excluding carboxylic acids is 1. The Kier molecular flexibility index (Phi) is 5.65. The van der Waals surface area contributed by atoms with Crippen molar-refractivity contribution in [2.24, 2.45) is 0 Å². The molecule has 1 aromatic heterocycles. The maximum atomic E-state index is 13.2. The Labute approximate surface area is 157 Å². The number of halogens is 2. The van der Waals surface area contributed by atoms with Crippen LogP contribution in [0.15, 0.2) is 46.9 Å². The second-order valence-electron chi connectivity index (χ2n) is 5.47. The number of benzene rings is 2. The number of fused-ring (bicyclic) bond motifs is 1. The van der Waals surface area contributed by atoms with Crippen molar-refractivity contribution in [1.82, 2.24) is 10.3 Å². The van der Waals surface area contributed by atoms with Crippen molar-refractivity contribution in [2.45, 2.75) is 19.4 Å². The predicted octanol–water partition coefficient (Wildman–Crippen LogP) is 4.32. The molecule has 1 amide bonds. The molecule has 0 spiro atoms. The molecular formula is C18H16BrFN2O2S. The molecule has 3 rings (SSSR count). The molecule has 0 saturated heterocycles. The quantitative estimate of drug-likeness (QED) is 0.643. The van der Waals surface area contributed by atoms with Gasteiger partial charge in [0, 0.05) is 23.5 Å². The van der Waals surface area contributed by atoms with Crippen molar-refractivity contribution < 1.29 is 13.9 Å². The van der Waals surface area contributed by atoms with Gasteiger partial charge in [0.25, 0.3) is 5.91 Å². The summed E-state index contributed by atoms with van der Waals surface area (Å²) in [4.78, 5) is 16.5. The number of ether oxygens (including phenoxy) is 1. The first kappa shape index (κ1) is 17.8. The van der Waals surface area contributed by atoms with Crippen LogP contribution >= 0.6 is 27.3 Å². The summed E-state index contributed by atoms with van der Waals surface area (Å²) in [6, 6.07) is 11.9. The van der Waals surface area contributed by atoms with Crippen LogP contribution in [0.1, 0.15) is 11.9 Å². The van der Waals surface area contributed by atoms with Gasteiger partial charge in [0.2, 0.25) is 0 Å². The number of nitrogens with zero attached hydrogens (tertiary/aromatic N) is 1. The van der Waals surface area contributed by atoms with Gasteiger partial charge in [-0.2, -0.15) is 0 Å². The molecule has 1 heterocycles. The van der Waals surface area contributed by atoms with Crippen LogP contribution in [-0.4, -0.2) is 23.5 Å². The minimum atomic E-state index is -0.592. The van der Waals surface area contributed by atoms with Crippen molar-refractivity contribution in [3.05, 3.63) is 57.8 Å². The second kappa shape index (κ2) is 7.93. The molecule has 7 heteroatoms. The Bertz CT molecular complexity index is 882. The molecule has 2 aromatic carbocycles. The first-order valence-corrected chi connectivity index (χ1v) is 9.37. The van der Waals surface area contributed by atoms with Crippen molar-refractivity contribution in [3.8, 4) is 5.75 Å². The molecule has 0 fully saturated rings. The molecule has 1 N–H and O–H groups in total. The zero-order chi connectivity index (χ0) is 17.8. The maximum absolute atomic E-state index is 13.2. The van der Waals surface area contributed by atoms with Gasteiger partial charge in [-0.1, -0.05) is 15.9 Å². The average Bonchev–Trinajstić information content (AvgIpc) is 2.98. The minimum Gasteiger partial charge on any atom is -0.481 e. The average molecular weight is 423 g/mol. The van der Waals surface area contributed by atoms with Crippen molar-refractivity contribution in [2.75, 3.05) is 6.54 Å². The molecular weight excluding hydrogens is 407 g/mol. The molecule has 0 aliphatic heterocycles. The third kappa shape index (κ3) is 4.76. The number of rotatable bonds is 6. The van der Waals surface area contributed by atoms with Crippen molar-refractivity contribution in [1.29, 1.82) is 0 Å². The highest BCUT2D eigenvalue weighted by molar-refractivity contribution is 9.10. The summed E-state index contributed by atoms with van der Waals surface area (Å²) in [5, 5.41) is 3.70. The van der Waals surface area contributed by atoms with Crippen molar-refractivity contribution in [3.63, 3.8) is 0 Å². The van der Waals surface area contributed by atoms with Crippen LogP contribution < -0.4 is 10.1 Å². The summed E-state index contributed by atoms with van der Waals surface area (Å²) in [5.74, 6) is 0.158. The van der Waals surface area contributed by atoms with E-state index in [2.05, 4.69) is 26.2 Å². The van der Waals surface area contributed by atoms with Gasteiger partial charge in [-0.25, -0.2) is 9.37 Å². The second-order valence-corrected chi connectivity index (χ2v) is 7.51. The molecule has 130 valence electrons. The summed E-state index contributed by atoms with van der Waals surface area (Å²) in [7, 11) is 0. The van der Waals surface area contributed by atoms with Crippen LogP contribution in [0, 0.1) is 5.82 Å². The lowest BCUT2D eigenvalue weighted by Gasteiger charge is -2.14. The molecule has 0 aliphatic carbocycles. The Morgan fingerprint density at radius 3 is 2.84 bits per heavy atom. The fourth-order valence-corrected chi connectivity index (χ4v) is 3.47. The molecule has 0 bridgehead atoms. The SMILES string of the molecule is C[C@@H](Oc1ccc(Br)cc1)C(=O)NCCc1nc2cc(F)ccc2s1. The molecule has 1 atom stereocenters. The van der Waals surface area contributed by atoms with E-state index < -0.39 is 6.10 Å². The van der Waals surface area contributed by atoms with Crippen LogP contribution in [0.3, 0.4) is 0 Å². The highest BCUT2D eigenvalue weighted by Crippen LogP contribution is 2.23. The molecule has 0 saturated carbocycles. The number of hydrogen-bond donors (Lipinski definition) is 1. The first-order chi connectivity index (χ1) is 12.0. The van der Waals surface area contributed by atoms with E-state index in [1.165, 1.54) is 23.5 Å². The summed E-state index contributed by atoms with van der Waals surface area (Å²) < 4.78 is 20.7. The van der Waals surface area contributed by atoms with Gasteiger partial charge >= 0.3 is 0 Å². The van der Waals surface area contributed by atoms with E-state index >= 15 is 0 Å². The Morgan fingerprint density at radius 1 is 1.32 bits per heavy atom. The van der Waals surface area contributed by atoms with Gasteiger partial charge in [-0.3, -0.25) is 4.79 Å². The fourth-order valence-electron chi connectivity index (χ4n) is 2.26. The molecule has 25 heavy (non-hydrogen) atoms. The zero-order valence-electron chi connectivity index (χ0n) is 13.5. The topological polar surface area (TPSA) is 51.2 Å². The molecule has 4 nitrogen and oxygen atoms in total. The number of hydrogen-bond acceptors (Lipinski definition) is 4. The third-order valence-corrected chi connectivity index (χ3v) is 5.15. The number of amides is 1. The van der Waals surface area contributed by atoms with Crippen LogP contribution in [0.2, 0.25) is 0 Å². The van der Waals surface area contributed by atoms with Crippen LogP contribution in [0.25, 0.3) is 10.2 Å². The highest BCUT2D eigenvalue weighted by Gasteiger charge is 2.14. The normalized spacial score (nSPS) is 12.1.